The Bertz CT molecular complexity index is 1240. The Balaban J connectivity index is 1.70. The maximum atomic E-state index is 13.1. The second-order valence-corrected chi connectivity index (χ2v) is 7.41. The Morgan fingerprint density at radius 1 is 0.968 bits per heavy atom. The van der Waals surface area contributed by atoms with E-state index in [9.17, 15) is 9.59 Å². The van der Waals surface area contributed by atoms with Gasteiger partial charge in [0.05, 0.1) is 12.3 Å². The number of carbonyl (C=O) groups is 2. The molecule has 0 unspecified atom stereocenters. The van der Waals surface area contributed by atoms with Crippen molar-refractivity contribution < 1.29 is 18.7 Å². The lowest BCUT2D eigenvalue weighted by atomic mass is 10.1. The van der Waals surface area contributed by atoms with Crippen LogP contribution in [0.15, 0.2) is 77.2 Å². The number of hydrogen-bond donors (Lipinski definition) is 1. The fourth-order valence-electron chi connectivity index (χ4n) is 3.19. The van der Waals surface area contributed by atoms with E-state index in [4.69, 9.17) is 20.8 Å². The van der Waals surface area contributed by atoms with Crippen molar-refractivity contribution in [2.45, 2.75) is 13.3 Å². The van der Waals surface area contributed by atoms with Crippen LogP contribution in [-0.4, -0.2) is 18.3 Å². The molecule has 0 saturated heterocycles. The van der Waals surface area contributed by atoms with E-state index in [1.807, 2.05) is 19.1 Å². The molecule has 5 nitrogen and oxygen atoms in total. The van der Waals surface area contributed by atoms with Crippen LogP contribution >= 0.6 is 11.6 Å². The highest BCUT2D eigenvalue weighted by molar-refractivity contribution is 6.30. The van der Waals surface area contributed by atoms with Gasteiger partial charge in [-0.25, -0.2) is 0 Å². The molecular formula is C25H20ClNO4. The Kier molecular flexibility index (Phi) is 6.05. The highest BCUT2D eigenvalue weighted by Crippen LogP contribution is 2.33. The minimum Gasteiger partial charge on any atom is -0.494 e. The molecular weight excluding hydrogens is 414 g/mol. The highest BCUT2D eigenvalue weighted by Gasteiger charge is 2.24. The topological polar surface area (TPSA) is 68.5 Å². The molecule has 0 saturated carbocycles. The Labute approximate surface area is 184 Å². The third-order valence-electron chi connectivity index (χ3n) is 4.72. The molecule has 0 atom stereocenters. The number of furan rings is 1. The predicted molar refractivity (Wildman–Crippen MR) is 121 cm³/mol. The molecule has 4 aromatic rings. The molecule has 156 valence electrons. The normalized spacial score (nSPS) is 10.8. The number of carbonyl (C=O) groups excluding carboxylic acids is 2. The summed E-state index contributed by atoms with van der Waals surface area (Å²) in [5.74, 6) is -0.0267. The summed E-state index contributed by atoms with van der Waals surface area (Å²) in [5, 5.41) is 4.03. The quantitative estimate of drug-likeness (QED) is 0.344. The molecule has 0 radical (unpaired) electrons. The van der Waals surface area contributed by atoms with Gasteiger partial charge < -0.3 is 14.5 Å². The molecule has 0 aliphatic rings. The third-order valence-corrected chi connectivity index (χ3v) is 4.97. The first kappa shape index (κ1) is 20.7. The van der Waals surface area contributed by atoms with E-state index in [-0.39, 0.29) is 17.5 Å². The standard InChI is InChI=1S/C25H20ClNO4/c1-2-14-30-19-7-5-6-17(15-19)25(29)27-22-20-8-3-4-9-21(20)31-24(22)23(28)16-10-12-18(26)13-11-16/h3-13,15H,2,14H2,1H3,(H,27,29). The van der Waals surface area contributed by atoms with E-state index in [2.05, 4.69) is 5.32 Å². The monoisotopic (exact) mass is 433 g/mol. The average molecular weight is 434 g/mol. The van der Waals surface area contributed by atoms with Gasteiger partial charge in [0.15, 0.2) is 5.76 Å². The Hall–Kier alpha value is -3.57. The molecule has 0 aliphatic heterocycles. The summed E-state index contributed by atoms with van der Waals surface area (Å²) in [6, 6.07) is 20.6. The van der Waals surface area contributed by atoms with Gasteiger partial charge in [-0.3, -0.25) is 9.59 Å². The van der Waals surface area contributed by atoms with Crippen molar-refractivity contribution in [2.75, 3.05) is 11.9 Å². The van der Waals surface area contributed by atoms with Crippen molar-refractivity contribution in [1.82, 2.24) is 0 Å². The SMILES string of the molecule is CCCOc1cccc(C(=O)Nc2c(C(=O)c3ccc(Cl)cc3)oc3ccccc23)c1. The Morgan fingerprint density at radius 2 is 1.74 bits per heavy atom. The van der Waals surface area contributed by atoms with E-state index in [0.29, 0.717) is 45.2 Å². The van der Waals surface area contributed by atoms with Gasteiger partial charge in [0.25, 0.3) is 5.91 Å². The molecule has 1 aromatic heterocycles. The van der Waals surface area contributed by atoms with Gasteiger partial charge in [0, 0.05) is 21.5 Å². The lowest BCUT2D eigenvalue weighted by Gasteiger charge is -2.09. The minimum atomic E-state index is -0.362. The summed E-state index contributed by atoms with van der Waals surface area (Å²) in [7, 11) is 0. The maximum Gasteiger partial charge on any atom is 0.255 e. The van der Waals surface area contributed by atoms with Crippen molar-refractivity contribution in [3.05, 3.63) is 94.7 Å². The molecule has 4 rings (SSSR count). The number of rotatable bonds is 7. The van der Waals surface area contributed by atoms with Gasteiger partial charge in [0.1, 0.15) is 11.3 Å². The molecule has 0 spiro atoms. The van der Waals surface area contributed by atoms with Crippen LogP contribution in [0.2, 0.25) is 5.02 Å². The lowest BCUT2D eigenvalue weighted by Crippen LogP contribution is -2.14. The number of ether oxygens (including phenoxy) is 1. The van der Waals surface area contributed by atoms with E-state index < -0.39 is 0 Å². The molecule has 1 amide bonds. The smallest absolute Gasteiger partial charge is 0.255 e. The van der Waals surface area contributed by atoms with Gasteiger partial charge >= 0.3 is 0 Å². The lowest BCUT2D eigenvalue weighted by molar-refractivity contribution is 0.101. The van der Waals surface area contributed by atoms with Crippen LogP contribution in [0, 0.1) is 0 Å². The number of hydrogen-bond acceptors (Lipinski definition) is 4. The minimum absolute atomic E-state index is 0.0651. The summed E-state index contributed by atoms with van der Waals surface area (Å²) >= 11 is 5.94. The summed E-state index contributed by atoms with van der Waals surface area (Å²) in [5.41, 5.74) is 1.67. The van der Waals surface area contributed by atoms with Crippen molar-refractivity contribution in [3.63, 3.8) is 0 Å². The van der Waals surface area contributed by atoms with Crippen LogP contribution in [-0.2, 0) is 0 Å². The first-order valence-corrected chi connectivity index (χ1v) is 10.3. The fourth-order valence-corrected chi connectivity index (χ4v) is 3.32. The van der Waals surface area contributed by atoms with E-state index in [0.717, 1.165) is 6.42 Å². The number of para-hydroxylation sites is 1. The zero-order chi connectivity index (χ0) is 21.8. The number of halogens is 1. The van der Waals surface area contributed by atoms with Gasteiger partial charge in [-0.1, -0.05) is 36.7 Å². The highest BCUT2D eigenvalue weighted by atomic mass is 35.5. The number of amides is 1. The maximum absolute atomic E-state index is 13.1. The number of anilines is 1. The molecule has 0 aliphatic carbocycles. The zero-order valence-corrected chi connectivity index (χ0v) is 17.6. The third kappa shape index (κ3) is 4.47. The molecule has 1 heterocycles. The molecule has 0 bridgehead atoms. The van der Waals surface area contributed by atoms with Gasteiger partial charge in [-0.05, 0) is 61.0 Å². The van der Waals surface area contributed by atoms with Crippen molar-refractivity contribution >= 4 is 39.9 Å². The number of fused-ring (bicyclic) bond motifs is 1. The summed E-state index contributed by atoms with van der Waals surface area (Å²) < 4.78 is 11.5. The van der Waals surface area contributed by atoms with Crippen molar-refractivity contribution in [2.24, 2.45) is 0 Å². The molecule has 0 fully saturated rings. The Morgan fingerprint density at radius 3 is 2.52 bits per heavy atom. The van der Waals surface area contributed by atoms with E-state index in [1.165, 1.54) is 0 Å². The molecule has 1 N–H and O–H groups in total. The fraction of sp³-hybridized carbons (Fsp3) is 0.120. The van der Waals surface area contributed by atoms with Crippen LogP contribution in [0.4, 0.5) is 5.69 Å². The zero-order valence-electron chi connectivity index (χ0n) is 16.9. The number of ketones is 1. The van der Waals surface area contributed by atoms with E-state index in [1.54, 1.807) is 60.7 Å². The molecule has 6 heteroatoms. The summed E-state index contributed by atoms with van der Waals surface area (Å²) in [6.07, 6.45) is 0.869. The van der Waals surface area contributed by atoms with Crippen LogP contribution in [0.5, 0.6) is 5.75 Å². The number of benzene rings is 3. The average Bonchev–Trinajstić information content (AvgIpc) is 3.16. The van der Waals surface area contributed by atoms with E-state index >= 15 is 0 Å². The van der Waals surface area contributed by atoms with Crippen LogP contribution in [0.1, 0.15) is 39.8 Å². The van der Waals surface area contributed by atoms with Gasteiger partial charge in [0.2, 0.25) is 5.78 Å². The molecule has 3 aromatic carbocycles. The van der Waals surface area contributed by atoms with Crippen LogP contribution in [0.3, 0.4) is 0 Å². The predicted octanol–water partition coefficient (Wildman–Crippen LogP) is 6.36. The van der Waals surface area contributed by atoms with Crippen molar-refractivity contribution in [3.8, 4) is 5.75 Å². The molecule has 31 heavy (non-hydrogen) atoms. The second-order valence-electron chi connectivity index (χ2n) is 6.97. The summed E-state index contributed by atoms with van der Waals surface area (Å²) in [6.45, 7) is 2.58. The second kappa shape index (κ2) is 9.06. The van der Waals surface area contributed by atoms with Crippen LogP contribution < -0.4 is 10.1 Å². The summed E-state index contributed by atoms with van der Waals surface area (Å²) in [4.78, 5) is 26.1. The number of nitrogens with one attached hydrogen (secondary N) is 1. The largest absolute Gasteiger partial charge is 0.494 e. The first-order chi connectivity index (χ1) is 15.1. The van der Waals surface area contributed by atoms with Crippen LogP contribution in [0.25, 0.3) is 11.0 Å². The first-order valence-electron chi connectivity index (χ1n) is 9.93. The van der Waals surface area contributed by atoms with Gasteiger partial charge in [-0.15, -0.1) is 0 Å². The van der Waals surface area contributed by atoms with Crippen molar-refractivity contribution in [1.29, 1.82) is 0 Å². The van der Waals surface area contributed by atoms with Gasteiger partial charge in [-0.2, -0.15) is 0 Å².